The summed E-state index contributed by atoms with van der Waals surface area (Å²) < 4.78 is 0. The van der Waals surface area contributed by atoms with E-state index in [1.165, 1.54) is 0 Å². The molecule has 0 radical (unpaired) electrons. The number of amidine groups is 1. The van der Waals surface area contributed by atoms with Gasteiger partial charge in [0.05, 0.1) is 5.56 Å². The summed E-state index contributed by atoms with van der Waals surface area (Å²) in [4.78, 5) is 2.84. The van der Waals surface area contributed by atoms with Gasteiger partial charge in [0.15, 0.2) is 5.84 Å². The summed E-state index contributed by atoms with van der Waals surface area (Å²) >= 11 is 0. The quantitative estimate of drug-likeness (QED) is 0.520. The molecular weight excluding hydrogens is 116 g/mol. The molecule has 0 aliphatic carbocycles. The van der Waals surface area contributed by atoms with Crippen molar-refractivity contribution in [2.75, 3.05) is 0 Å². The third-order valence-electron chi connectivity index (χ3n) is 1.24. The Hall–Kier alpha value is -1.45. The molecule has 1 aromatic heterocycles. The Labute approximate surface area is 51.1 Å². The van der Waals surface area contributed by atoms with Crippen LogP contribution in [0.3, 0.4) is 0 Å². The van der Waals surface area contributed by atoms with Crippen molar-refractivity contribution in [3.63, 3.8) is 0 Å². The minimum Gasteiger partial charge on any atom is -0.365 e. The lowest BCUT2D eigenvalue weighted by Gasteiger charge is -1.78. The van der Waals surface area contributed by atoms with Gasteiger partial charge >= 0.3 is 0 Å². The largest absolute Gasteiger partial charge is 0.365 e. The molecule has 0 bridgehead atoms. The van der Waals surface area contributed by atoms with Gasteiger partial charge in [-0.2, -0.15) is 0 Å². The van der Waals surface area contributed by atoms with Crippen molar-refractivity contribution in [3.05, 3.63) is 18.0 Å². The summed E-state index contributed by atoms with van der Waals surface area (Å²) in [5.41, 5.74) is 1.55. The molecule has 44 valence electrons. The smallest absolute Gasteiger partial charge is 0.178 e. The van der Waals surface area contributed by atoms with Crippen LogP contribution in [0.2, 0.25) is 0 Å². The number of aromatic nitrogens is 1. The Morgan fingerprint density at radius 2 is 2.22 bits per heavy atom. The van der Waals surface area contributed by atoms with Crippen molar-refractivity contribution in [2.24, 2.45) is 10.2 Å². The fourth-order valence-corrected chi connectivity index (χ4v) is 0.786. The van der Waals surface area contributed by atoms with Gasteiger partial charge in [0.25, 0.3) is 0 Å². The van der Waals surface area contributed by atoms with Gasteiger partial charge in [-0.1, -0.05) is 0 Å². The van der Waals surface area contributed by atoms with Gasteiger partial charge in [-0.3, -0.25) is 5.41 Å². The topological polar surface area (TPSA) is 64.4 Å². The van der Waals surface area contributed by atoms with Crippen LogP contribution in [-0.2, 0) is 0 Å². The molecule has 0 unspecified atom stereocenters. The van der Waals surface area contributed by atoms with Gasteiger partial charge < -0.3 is 4.98 Å². The monoisotopic (exact) mass is 120 g/mol. The number of azo groups is 1. The molecule has 1 aromatic rings. The first kappa shape index (κ1) is 4.43. The number of hydrogen-bond acceptors (Lipinski definition) is 2. The third-order valence-corrected chi connectivity index (χ3v) is 1.24. The van der Waals surface area contributed by atoms with Gasteiger partial charge in [-0.05, 0) is 0 Å². The highest BCUT2D eigenvalue weighted by Gasteiger charge is 2.13. The average molecular weight is 120 g/mol. The Bertz CT molecular complexity index is 283. The normalized spacial score (nSPS) is 14.4. The van der Waals surface area contributed by atoms with Crippen LogP contribution in [0.15, 0.2) is 22.6 Å². The second-order valence-corrected chi connectivity index (χ2v) is 1.80. The SMILES string of the molecule is N=C1N=Nc2c[nH]cc21. The lowest BCUT2D eigenvalue weighted by atomic mass is 10.3. The molecule has 0 amide bonds. The van der Waals surface area contributed by atoms with Crippen LogP contribution in [0.5, 0.6) is 0 Å². The van der Waals surface area contributed by atoms with Gasteiger partial charge in [0.2, 0.25) is 0 Å². The number of rotatable bonds is 0. The molecule has 0 atom stereocenters. The second kappa shape index (κ2) is 1.28. The van der Waals surface area contributed by atoms with Crippen molar-refractivity contribution < 1.29 is 0 Å². The van der Waals surface area contributed by atoms with E-state index in [1.807, 2.05) is 0 Å². The van der Waals surface area contributed by atoms with Gasteiger partial charge in [0.1, 0.15) is 5.69 Å². The van der Waals surface area contributed by atoms with E-state index in [2.05, 4.69) is 15.2 Å². The van der Waals surface area contributed by atoms with Crippen LogP contribution in [-0.4, -0.2) is 10.8 Å². The first-order valence-corrected chi connectivity index (χ1v) is 2.55. The van der Waals surface area contributed by atoms with Crippen molar-refractivity contribution in [1.82, 2.24) is 4.98 Å². The van der Waals surface area contributed by atoms with Gasteiger partial charge in [-0.15, -0.1) is 10.2 Å². The Morgan fingerprint density at radius 3 is 3.00 bits per heavy atom. The van der Waals surface area contributed by atoms with E-state index in [0.29, 0.717) is 0 Å². The zero-order valence-corrected chi connectivity index (χ0v) is 4.55. The number of nitrogens with zero attached hydrogens (tertiary/aromatic N) is 2. The predicted molar refractivity (Wildman–Crippen MR) is 32.1 cm³/mol. The lowest BCUT2D eigenvalue weighted by molar-refractivity contribution is 1.28. The maximum Gasteiger partial charge on any atom is 0.178 e. The highest BCUT2D eigenvalue weighted by molar-refractivity contribution is 6.03. The van der Waals surface area contributed by atoms with Crippen LogP contribution in [0.25, 0.3) is 0 Å². The van der Waals surface area contributed by atoms with E-state index < -0.39 is 0 Å². The molecule has 9 heavy (non-hydrogen) atoms. The Morgan fingerprint density at radius 1 is 1.33 bits per heavy atom. The fraction of sp³-hybridized carbons (Fsp3) is 0. The summed E-state index contributed by atoms with van der Waals surface area (Å²) in [6, 6.07) is 0. The highest BCUT2D eigenvalue weighted by Crippen LogP contribution is 2.24. The zero-order chi connectivity index (χ0) is 6.27. The van der Waals surface area contributed by atoms with Crippen molar-refractivity contribution in [1.29, 1.82) is 5.41 Å². The van der Waals surface area contributed by atoms with Gasteiger partial charge in [-0.25, -0.2) is 0 Å². The Balaban J connectivity index is 2.73. The van der Waals surface area contributed by atoms with Crippen molar-refractivity contribution in [3.8, 4) is 0 Å². The van der Waals surface area contributed by atoms with Crippen LogP contribution in [0.1, 0.15) is 5.56 Å². The number of fused-ring (bicyclic) bond motifs is 1. The van der Waals surface area contributed by atoms with Crippen molar-refractivity contribution >= 4 is 11.5 Å². The summed E-state index contributed by atoms with van der Waals surface area (Å²) in [6.07, 6.45) is 3.44. The first-order valence-electron chi connectivity index (χ1n) is 2.55. The number of hydrogen-bond donors (Lipinski definition) is 2. The molecule has 0 spiro atoms. The summed E-state index contributed by atoms with van der Waals surface area (Å²) in [7, 11) is 0. The second-order valence-electron chi connectivity index (χ2n) is 1.80. The minimum atomic E-state index is 0.242. The zero-order valence-electron chi connectivity index (χ0n) is 4.55. The molecule has 2 rings (SSSR count). The summed E-state index contributed by atoms with van der Waals surface area (Å²) in [6.45, 7) is 0. The van der Waals surface area contributed by atoms with Crippen LogP contribution < -0.4 is 0 Å². The predicted octanol–water partition coefficient (Wildman–Crippen LogP) is 1.44. The number of H-pyrrole nitrogens is 1. The molecule has 4 heteroatoms. The summed E-state index contributed by atoms with van der Waals surface area (Å²) in [5.74, 6) is 0.242. The van der Waals surface area contributed by atoms with E-state index >= 15 is 0 Å². The molecule has 0 fully saturated rings. The molecule has 4 nitrogen and oxygen atoms in total. The summed E-state index contributed by atoms with van der Waals surface area (Å²) in [5, 5.41) is 14.4. The Kier molecular flexibility index (Phi) is 0.631. The maximum atomic E-state index is 7.17. The molecule has 2 N–H and O–H groups in total. The molecule has 0 saturated carbocycles. The first-order chi connectivity index (χ1) is 4.38. The molecule has 1 aliphatic heterocycles. The number of aromatic amines is 1. The lowest BCUT2D eigenvalue weighted by Crippen LogP contribution is -1.84. The standard InChI is InChI=1S/C5H4N4/c6-5-3-1-7-2-4(3)8-9-5/h1-2,6-7H. The van der Waals surface area contributed by atoms with E-state index in [1.54, 1.807) is 12.4 Å². The van der Waals surface area contributed by atoms with Crippen LogP contribution >= 0.6 is 0 Å². The molecule has 2 heterocycles. The minimum absolute atomic E-state index is 0.242. The average Bonchev–Trinajstić information content (AvgIpc) is 2.35. The van der Waals surface area contributed by atoms with Crippen molar-refractivity contribution in [2.45, 2.75) is 0 Å². The van der Waals surface area contributed by atoms with Gasteiger partial charge in [0, 0.05) is 12.4 Å². The molecule has 1 aliphatic rings. The van der Waals surface area contributed by atoms with E-state index in [-0.39, 0.29) is 5.84 Å². The van der Waals surface area contributed by atoms with Crippen LogP contribution in [0.4, 0.5) is 5.69 Å². The maximum absolute atomic E-state index is 7.17. The third kappa shape index (κ3) is 0.440. The fourth-order valence-electron chi connectivity index (χ4n) is 0.786. The highest BCUT2D eigenvalue weighted by atomic mass is 15.2. The van der Waals surface area contributed by atoms with E-state index in [0.717, 1.165) is 11.3 Å². The van der Waals surface area contributed by atoms with E-state index in [9.17, 15) is 0 Å². The number of nitrogens with one attached hydrogen (secondary N) is 2. The van der Waals surface area contributed by atoms with E-state index in [4.69, 9.17) is 5.41 Å². The molecular formula is C5H4N4. The van der Waals surface area contributed by atoms with Crippen LogP contribution in [0, 0.1) is 5.41 Å². The molecule has 0 aromatic carbocycles. The molecule has 0 saturated heterocycles.